The molecule has 270 valence electrons. The molecule has 10 nitrogen and oxygen atoms in total. The van der Waals surface area contributed by atoms with E-state index in [2.05, 4.69) is 9.98 Å². The van der Waals surface area contributed by atoms with Crippen LogP contribution in [0.4, 0.5) is 0 Å². The van der Waals surface area contributed by atoms with E-state index in [0.717, 1.165) is 22.3 Å². The molecule has 0 aliphatic carbocycles. The zero-order chi connectivity index (χ0) is 37.6. The van der Waals surface area contributed by atoms with Gasteiger partial charge in [-0.1, -0.05) is 60.7 Å². The van der Waals surface area contributed by atoms with Crippen LogP contribution in [0.2, 0.25) is 0 Å². The van der Waals surface area contributed by atoms with Crippen LogP contribution in [0.25, 0.3) is 0 Å². The van der Waals surface area contributed by atoms with E-state index in [1.54, 1.807) is 52.3 Å². The number of nitrogens with zero attached hydrogens (tertiary/aromatic N) is 4. The van der Waals surface area contributed by atoms with Crippen molar-refractivity contribution in [3.63, 3.8) is 0 Å². The standard InChI is InChI=1S/C42H46N4O6/c1-7-51-41(49)29(5)43-23-33-19-27(3)21-35(39(33)47)25-45-37(31-15-11-9-12-16-31)38(32-17-13-10-14-18-32)46-26-36-22-28(4)20-34(40(36)48)24-44-30(6)42(50)52-8-2/h9-26,29-30,37-38,47-48H,7-8H2,1-6H3/t29-,30-,37+,38+/m0/s1. The Bertz CT molecular complexity index is 1800. The minimum atomic E-state index is -0.728. The van der Waals surface area contributed by atoms with Gasteiger partial charge in [-0.05, 0) is 88.1 Å². The van der Waals surface area contributed by atoms with Crippen molar-refractivity contribution >= 4 is 36.8 Å². The fourth-order valence-corrected chi connectivity index (χ4v) is 5.42. The number of aromatic hydroxyl groups is 2. The summed E-state index contributed by atoms with van der Waals surface area (Å²) in [6.45, 7) is 11.1. The largest absolute Gasteiger partial charge is 0.507 e. The van der Waals surface area contributed by atoms with Crippen LogP contribution in [0.5, 0.6) is 11.5 Å². The first-order chi connectivity index (χ1) is 25.0. The quantitative estimate of drug-likeness (QED) is 0.0972. The van der Waals surface area contributed by atoms with Gasteiger partial charge in [0.15, 0.2) is 0 Å². The van der Waals surface area contributed by atoms with Crippen molar-refractivity contribution in [1.82, 2.24) is 0 Å². The first kappa shape index (κ1) is 38.9. The molecule has 0 spiro atoms. The van der Waals surface area contributed by atoms with Crippen molar-refractivity contribution in [2.75, 3.05) is 13.2 Å². The summed E-state index contributed by atoms with van der Waals surface area (Å²) in [5.74, 6) is -0.954. The van der Waals surface area contributed by atoms with Gasteiger partial charge in [0.25, 0.3) is 0 Å². The molecule has 0 aliphatic heterocycles. The molecule has 4 rings (SSSR count). The van der Waals surface area contributed by atoms with Crippen LogP contribution < -0.4 is 0 Å². The third-order valence-corrected chi connectivity index (χ3v) is 8.09. The lowest BCUT2D eigenvalue weighted by atomic mass is 9.94. The average molecular weight is 703 g/mol. The summed E-state index contributed by atoms with van der Waals surface area (Å²) in [4.78, 5) is 42.9. The van der Waals surface area contributed by atoms with E-state index in [1.165, 1.54) is 12.4 Å². The Morgan fingerprint density at radius 1 is 0.577 bits per heavy atom. The maximum Gasteiger partial charge on any atom is 0.330 e. The Labute approximate surface area is 305 Å². The Kier molecular flexibility index (Phi) is 14.1. The number of esters is 2. The summed E-state index contributed by atoms with van der Waals surface area (Å²) in [5.41, 5.74) is 5.33. The van der Waals surface area contributed by atoms with E-state index in [0.29, 0.717) is 22.3 Å². The molecule has 0 saturated carbocycles. The van der Waals surface area contributed by atoms with E-state index in [4.69, 9.17) is 19.5 Å². The highest BCUT2D eigenvalue weighted by Gasteiger charge is 2.24. The third kappa shape index (κ3) is 10.6. The summed E-state index contributed by atoms with van der Waals surface area (Å²) >= 11 is 0. The minimum absolute atomic E-state index is 0.0307. The SMILES string of the molecule is CCOC(=O)[C@H](C)N=Cc1cc(C)cc(C=N[C@H](c2ccccc2)[C@H](N=Cc2cc(C)cc(C=N[C@@H](C)C(=O)OCC)c2O)c2ccccc2)c1O. The predicted octanol–water partition coefficient (Wildman–Crippen LogP) is 7.48. The molecule has 0 amide bonds. The van der Waals surface area contributed by atoms with Gasteiger partial charge in [0.05, 0.1) is 13.2 Å². The van der Waals surface area contributed by atoms with Crippen LogP contribution in [0.15, 0.2) is 105 Å². The van der Waals surface area contributed by atoms with Crippen molar-refractivity contribution in [2.24, 2.45) is 20.0 Å². The highest BCUT2D eigenvalue weighted by molar-refractivity contribution is 5.94. The molecular formula is C42H46N4O6. The smallest absolute Gasteiger partial charge is 0.330 e. The Morgan fingerprint density at radius 3 is 1.19 bits per heavy atom. The maximum atomic E-state index is 12.1. The number of hydrogen-bond donors (Lipinski definition) is 2. The van der Waals surface area contributed by atoms with Crippen molar-refractivity contribution < 1.29 is 29.3 Å². The van der Waals surface area contributed by atoms with Gasteiger partial charge in [-0.3, -0.25) is 20.0 Å². The maximum absolute atomic E-state index is 12.1. The van der Waals surface area contributed by atoms with Crippen molar-refractivity contribution in [3.8, 4) is 11.5 Å². The summed E-state index contributed by atoms with van der Waals surface area (Å²) in [7, 11) is 0. The molecule has 0 bridgehead atoms. The van der Waals surface area contributed by atoms with Gasteiger partial charge in [-0.2, -0.15) is 0 Å². The molecule has 0 unspecified atom stereocenters. The minimum Gasteiger partial charge on any atom is -0.507 e. The molecule has 4 atom stereocenters. The lowest BCUT2D eigenvalue weighted by molar-refractivity contribution is -0.144. The number of ether oxygens (including phenoxy) is 2. The van der Waals surface area contributed by atoms with Crippen molar-refractivity contribution in [2.45, 2.75) is 65.7 Å². The second kappa shape index (κ2) is 18.9. The molecule has 2 N–H and O–H groups in total. The summed E-state index contributed by atoms with van der Waals surface area (Å²) in [6, 6.07) is 24.2. The third-order valence-electron chi connectivity index (χ3n) is 8.09. The molecule has 0 fully saturated rings. The first-order valence-electron chi connectivity index (χ1n) is 17.2. The number of hydrogen-bond acceptors (Lipinski definition) is 10. The Balaban J connectivity index is 1.76. The Morgan fingerprint density at radius 2 is 0.885 bits per heavy atom. The van der Waals surface area contributed by atoms with Gasteiger partial charge in [0.1, 0.15) is 35.7 Å². The van der Waals surface area contributed by atoms with E-state index in [9.17, 15) is 19.8 Å². The number of carbonyl (C=O) groups is 2. The van der Waals surface area contributed by atoms with Gasteiger partial charge in [0.2, 0.25) is 0 Å². The van der Waals surface area contributed by atoms with Crippen molar-refractivity contribution in [1.29, 1.82) is 0 Å². The average Bonchev–Trinajstić information content (AvgIpc) is 3.14. The summed E-state index contributed by atoms with van der Waals surface area (Å²) in [6.07, 6.45) is 6.19. The van der Waals surface area contributed by atoms with Crippen LogP contribution in [-0.4, -0.2) is 72.3 Å². The molecule has 4 aromatic carbocycles. The zero-order valence-corrected chi connectivity index (χ0v) is 30.4. The summed E-state index contributed by atoms with van der Waals surface area (Å²) in [5, 5.41) is 22.6. The number of carbonyl (C=O) groups excluding carboxylic acids is 2. The number of rotatable bonds is 15. The van der Waals surface area contributed by atoms with Crippen LogP contribution in [0, 0.1) is 13.8 Å². The molecule has 0 aromatic heterocycles. The second-order valence-corrected chi connectivity index (χ2v) is 12.3. The molecule has 0 radical (unpaired) electrons. The molecular weight excluding hydrogens is 656 g/mol. The van der Waals surface area contributed by atoms with Gasteiger partial charge in [-0.25, -0.2) is 9.59 Å². The first-order valence-corrected chi connectivity index (χ1v) is 17.2. The molecule has 0 saturated heterocycles. The zero-order valence-electron chi connectivity index (χ0n) is 30.4. The number of phenols is 2. The predicted molar refractivity (Wildman–Crippen MR) is 207 cm³/mol. The van der Waals surface area contributed by atoms with Gasteiger partial charge >= 0.3 is 11.9 Å². The molecule has 0 heterocycles. The van der Waals surface area contributed by atoms with Crippen molar-refractivity contribution in [3.05, 3.63) is 129 Å². The topological polar surface area (TPSA) is 142 Å². The number of aryl methyl sites for hydroxylation is 2. The normalized spacial score (nSPS) is 14.2. The lowest BCUT2D eigenvalue weighted by Crippen LogP contribution is -2.18. The number of phenolic OH excluding ortho intramolecular Hbond substituents is 2. The van der Waals surface area contributed by atoms with Gasteiger partial charge < -0.3 is 19.7 Å². The fraction of sp³-hybridized carbons (Fsp3) is 0.286. The molecule has 0 aliphatic rings. The van der Waals surface area contributed by atoms with Gasteiger partial charge in [-0.15, -0.1) is 0 Å². The van der Waals surface area contributed by atoms with Gasteiger partial charge in [0, 0.05) is 47.1 Å². The van der Waals surface area contributed by atoms with E-state index < -0.39 is 36.1 Å². The van der Waals surface area contributed by atoms with Crippen LogP contribution in [-0.2, 0) is 19.1 Å². The van der Waals surface area contributed by atoms with E-state index in [-0.39, 0.29) is 24.7 Å². The van der Waals surface area contributed by atoms with Crippen LogP contribution in [0.3, 0.4) is 0 Å². The highest BCUT2D eigenvalue weighted by atomic mass is 16.5. The van der Waals surface area contributed by atoms with Crippen LogP contribution in [0.1, 0.15) is 84.3 Å². The summed E-state index contributed by atoms with van der Waals surface area (Å²) < 4.78 is 10.1. The monoisotopic (exact) mass is 702 g/mol. The van der Waals surface area contributed by atoms with Crippen LogP contribution >= 0.6 is 0 Å². The fourth-order valence-electron chi connectivity index (χ4n) is 5.42. The van der Waals surface area contributed by atoms with E-state index in [1.807, 2.05) is 86.6 Å². The Hall–Kier alpha value is -5.90. The highest BCUT2D eigenvalue weighted by Crippen LogP contribution is 2.36. The number of benzene rings is 4. The lowest BCUT2D eigenvalue weighted by Gasteiger charge is -2.22. The molecule has 4 aromatic rings. The second-order valence-electron chi connectivity index (χ2n) is 12.3. The van der Waals surface area contributed by atoms with E-state index >= 15 is 0 Å². The number of aliphatic imine (C=N–C) groups is 4. The molecule has 52 heavy (non-hydrogen) atoms. The molecule has 10 heteroatoms.